The van der Waals surface area contributed by atoms with Crippen molar-refractivity contribution >= 4 is 49.5 Å². The van der Waals surface area contributed by atoms with E-state index < -0.39 is 15.3 Å². The molecule has 0 amide bonds. The summed E-state index contributed by atoms with van der Waals surface area (Å²) in [5.41, 5.74) is -4.29. The number of fused-ring (bicyclic) bond motifs is 1. The van der Waals surface area contributed by atoms with Crippen molar-refractivity contribution in [1.82, 2.24) is 9.97 Å². The average Bonchev–Trinajstić information content (AvgIpc) is 3.08. The maximum atomic E-state index is 12.6. The van der Waals surface area contributed by atoms with E-state index in [0.717, 1.165) is 12.3 Å². The Morgan fingerprint density at radius 3 is 2.69 bits per heavy atom. The lowest BCUT2D eigenvalue weighted by atomic mass is 10.2. The number of aromatic nitrogens is 2. The molecule has 0 saturated carbocycles. The van der Waals surface area contributed by atoms with Crippen LogP contribution in [0.25, 0.3) is 22.7 Å². The van der Waals surface area contributed by atoms with Crippen LogP contribution in [0.15, 0.2) is 49.8 Å². The van der Waals surface area contributed by atoms with Gasteiger partial charge in [0.25, 0.3) is 0 Å². The van der Waals surface area contributed by atoms with E-state index in [4.69, 9.17) is 21.2 Å². The molecule has 0 radical (unpaired) electrons. The molecule has 0 unspecified atom stereocenters. The molecule has 3 rings (SSSR count). The fourth-order valence-electron chi connectivity index (χ4n) is 2.37. The van der Waals surface area contributed by atoms with Crippen molar-refractivity contribution in [2.24, 2.45) is 5.16 Å². The number of nitrogens with zero attached hydrogens (tertiary/aromatic N) is 3. The van der Waals surface area contributed by atoms with Crippen molar-refractivity contribution in [1.29, 1.82) is 0 Å². The third-order valence-corrected chi connectivity index (χ3v) is 6.45. The smallest absolute Gasteiger partial charge is 0.435 e. The summed E-state index contributed by atoms with van der Waals surface area (Å²) in [6, 6.07) is 4.85. The number of benzene rings is 1. The van der Waals surface area contributed by atoms with Crippen molar-refractivity contribution in [3.63, 3.8) is 0 Å². The van der Waals surface area contributed by atoms with Crippen LogP contribution in [0.5, 0.6) is 0 Å². The van der Waals surface area contributed by atoms with Crippen LogP contribution in [0.2, 0.25) is 0 Å². The zero-order valence-corrected chi connectivity index (χ0v) is 16.8. The van der Waals surface area contributed by atoms with Gasteiger partial charge in [-0.15, -0.1) is 0 Å². The normalized spacial score (nSPS) is 13.2. The summed E-state index contributed by atoms with van der Waals surface area (Å²) < 4.78 is 68.2. The molecule has 1 aromatic carbocycles. The molecular weight excluding hydrogens is 455 g/mol. The Hall–Kier alpha value is -2.31. The molecule has 0 fully saturated rings. The van der Waals surface area contributed by atoms with Gasteiger partial charge >= 0.3 is 5.51 Å². The molecule has 0 aliphatic rings. The second-order valence-electron chi connectivity index (χ2n) is 5.56. The molecular formula is C16H11ClF3N3O4S2. The first-order valence-electron chi connectivity index (χ1n) is 7.81. The molecule has 154 valence electrons. The van der Waals surface area contributed by atoms with Gasteiger partial charge in [0, 0.05) is 16.7 Å². The lowest BCUT2D eigenvalue weighted by Crippen LogP contribution is -2.09. The van der Waals surface area contributed by atoms with Gasteiger partial charge in [-0.3, -0.25) is 0 Å². The number of rotatable bonds is 5. The first kappa shape index (κ1) is 21.4. The van der Waals surface area contributed by atoms with E-state index >= 15 is 0 Å². The molecule has 0 atom stereocenters. The van der Waals surface area contributed by atoms with Gasteiger partial charge in [0.05, 0.1) is 10.6 Å². The third-order valence-electron chi connectivity index (χ3n) is 3.69. The van der Waals surface area contributed by atoms with Crippen LogP contribution in [-0.2, 0) is 9.84 Å². The summed E-state index contributed by atoms with van der Waals surface area (Å²) in [6.07, 6.45) is 1.16. The first-order chi connectivity index (χ1) is 13.5. The summed E-state index contributed by atoms with van der Waals surface area (Å²) in [4.78, 5) is 7.74. The highest BCUT2D eigenvalue weighted by molar-refractivity contribution is 8.00. The van der Waals surface area contributed by atoms with Crippen molar-refractivity contribution in [3.8, 4) is 11.6 Å². The fraction of sp³-hybridized carbons (Fsp3) is 0.188. The van der Waals surface area contributed by atoms with Crippen molar-refractivity contribution in [2.45, 2.75) is 22.2 Å². The van der Waals surface area contributed by atoms with Crippen LogP contribution in [0.1, 0.15) is 12.5 Å². The van der Waals surface area contributed by atoms with Crippen LogP contribution >= 0.6 is 23.4 Å². The molecule has 2 aromatic heterocycles. The Labute approximate surface area is 171 Å². The Morgan fingerprint density at radius 1 is 1.34 bits per heavy atom. The highest BCUT2D eigenvalue weighted by atomic mass is 35.5. The lowest BCUT2D eigenvalue weighted by molar-refractivity contribution is -0.0328. The lowest BCUT2D eigenvalue weighted by Gasteiger charge is -2.07. The zero-order valence-electron chi connectivity index (χ0n) is 14.4. The second kappa shape index (κ2) is 7.84. The largest absolute Gasteiger partial charge is 0.446 e. The van der Waals surface area contributed by atoms with Gasteiger partial charge < -0.3 is 9.62 Å². The molecule has 3 aromatic rings. The number of thioether (sulfide) groups is 1. The summed E-state index contributed by atoms with van der Waals surface area (Å²) in [7, 11) is -3.82. The molecule has 0 bridgehead atoms. The van der Waals surface area contributed by atoms with E-state index in [-0.39, 0.29) is 60.7 Å². The van der Waals surface area contributed by atoms with Gasteiger partial charge in [-0.2, -0.15) is 13.2 Å². The quantitative estimate of drug-likeness (QED) is 0.252. The summed E-state index contributed by atoms with van der Waals surface area (Å²) in [5, 5.41) is 11.2. The SMILES string of the molecule is CCS(=O)(=O)c1cc(/C(Cl)=N/O)cnc1-c1nc2cc(SC(F)(F)F)ccc2o1. The standard InChI is InChI=1S/C16H11ClF3N3O4S2/c1-2-29(25,26)12-5-8(14(17)23-24)7-21-13(12)15-22-10-6-9(28-16(18,19)20)3-4-11(10)27-15/h3-7,24H,2H2,1H3/b23-14-. The van der Waals surface area contributed by atoms with E-state index in [2.05, 4.69) is 15.1 Å². The summed E-state index contributed by atoms with van der Waals surface area (Å²) in [6.45, 7) is 1.42. The Kier molecular flexibility index (Phi) is 5.79. The van der Waals surface area contributed by atoms with Crippen molar-refractivity contribution in [3.05, 3.63) is 36.0 Å². The fourth-order valence-corrected chi connectivity index (χ4v) is 4.10. The molecule has 2 heterocycles. The predicted molar refractivity (Wildman–Crippen MR) is 101 cm³/mol. The minimum absolute atomic E-state index is 0.0462. The van der Waals surface area contributed by atoms with E-state index in [1.807, 2.05) is 0 Å². The maximum Gasteiger partial charge on any atom is 0.446 e. The Morgan fingerprint density at radius 2 is 2.07 bits per heavy atom. The minimum Gasteiger partial charge on any atom is -0.435 e. The van der Waals surface area contributed by atoms with Gasteiger partial charge in [0.15, 0.2) is 20.6 Å². The third kappa shape index (κ3) is 4.65. The predicted octanol–water partition coefficient (Wildman–Crippen LogP) is 4.67. The number of hydrogen-bond donors (Lipinski definition) is 1. The number of hydrogen-bond acceptors (Lipinski definition) is 8. The van der Waals surface area contributed by atoms with Gasteiger partial charge in [0.2, 0.25) is 5.89 Å². The van der Waals surface area contributed by atoms with Crippen LogP contribution < -0.4 is 0 Å². The molecule has 0 aliphatic carbocycles. The molecule has 13 heteroatoms. The molecule has 7 nitrogen and oxygen atoms in total. The van der Waals surface area contributed by atoms with Crippen LogP contribution in [-0.4, -0.2) is 40.0 Å². The van der Waals surface area contributed by atoms with E-state index in [1.165, 1.54) is 25.1 Å². The van der Waals surface area contributed by atoms with Crippen LogP contribution in [0.3, 0.4) is 0 Å². The molecule has 0 spiro atoms. The maximum absolute atomic E-state index is 12.6. The summed E-state index contributed by atoms with van der Waals surface area (Å²) in [5.74, 6) is -0.462. The topological polar surface area (TPSA) is 106 Å². The second-order valence-corrected chi connectivity index (χ2v) is 9.30. The number of pyridine rings is 1. The zero-order chi connectivity index (χ0) is 21.4. The van der Waals surface area contributed by atoms with Gasteiger partial charge in [-0.1, -0.05) is 23.7 Å². The molecule has 0 saturated heterocycles. The van der Waals surface area contributed by atoms with Crippen molar-refractivity contribution < 1.29 is 31.2 Å². The van der Waals surface area contributed by atoms with Crippen molar-refractivity contribution in [2.75, 3.05) is 5.75 Å². The van der Waals surface area contributed by atoms with Crippen LogP contribution in [0.4, 0.5) is 13.2 Å². The first-order valence-corrected chi connectivity index (χ1v) is 10.7. The highest BCUT2D eigenvalue weighted by Gasteiger charge is 2.30. The number of sulfone groups is 1. The number of halogens is 4. The van der Waals surface area contributed by atoms with Gasteiger partial charge in [0.1, 0.15) is 11.2 Å². The van der Waals surface area contributed by atoms with E-state index in [1.54, 1.807) is 0 Å². The number of alkyl halides is 3. The monoisotopic (exact) mass is 465 g/mol. The minimum atomic E-state index is -4.46. The Balaban J connectivity index is 2.15. The number of oxime groups is 1. The number of oxazole rings is 1. The Bertz CT molecular complexity index is 1210. The van der Waals surface area contributed by atoms with Gasteiger partial charge in [-0.05, 0) is 36.0 Å². The molecule has 1 N–H and O–H groups in total. The van der Waals surface area contributed by atoms with Crippen LogP contribution in [0, 0.1) is 0 Å². The average molecular weight is 466 g/mol. The summed E-state index contributed by atoms with van der Waals surface area (Å²) >= 11 is 5.42. The molecule has 29 heavy (non-hydrogen) atoms. The van der Waals surface area contributed by atoms with Gasteiger partial charge in [-0.25, -0.2) is 18.4 Å². The highest BCUT2D eigenvalue weighted by Crippen LogP contribution is 2.38. The molecule has 0 aliphatic heterocycles. The van der Waals surface area contributed by atoms with E-state index in [0.29, 0.717) is 0 Å². The van der Waals surface area contributed by atoms with E-state index in [9.17, 15) is 21.6 Å².